The van der Waals surface area contributed by atoms with E-state index in [2.05, 4.69) is 58.5 Å². The Hall–Kier alpha value is -0.800. The molecule has 1 unspecified atom stereocenters. The quantitative estimate of drug-likeness (QED) is 0.900. The smallest absolute Gasteiger partial charge is 0.109 e. The maximum absolute atomic E-state index is 5.66. The molecule has 1 atom stereocenters. The van der Waals surface area contributed by atoms with Crippen molar-refractivity contribution >= 4 is 15.9 Å². The second-order valence-corrected chi connectivity index (χ2v) is 5.10. The van der Waals surface area contributed by atoms with E-state index in [4.69, 9.17) is 4.74 Å². The molecule has 0 spiro atoms. The molecule has 0 saturated carbocycles. The van der Waals surface area contributed by atoms with Gasteiger partial charge in [-0.3, -0.25) is 0 Å². The Labute approximate surface area is 111 Å². The van der Waals surface area contributed by atoms with Gasteiger partial charge in [-0.05, 0) is 36.7 Å². The highest BCUT2D eigenvalue weighted by molar-refractivity contribution is 9.10. The highest BCUT2D eigenvalue weighted by Gasteiger charge is 2.18. The van der Waals surface area contributed by atoms with Gasteiger partial charge in [-0.15, -0.1) is 0 Å². The van der Waals surface area contributed by atoms with Crippen molar-refractivity contribution in [3.63, 3.8) is 0 Å². The maximum Gasteiger partial charge on any atom is 0.109 e. The minimum Gasteiger partial charge on any atom is -0.496 e. The van der Waals surface area contributed by atoms with Crippen LogP contribution in [0.1, 0.15) is 18.9 Å². The SMILES string of the molecule is CCNC(Cc1cccc(Br)c1)C1=CCCO1. The topological polar surface area (TPSA) is 21.3 Å². The summed E-state index contributed by atoms with van der Waals surface area (Å²) in [5, 5.41) is 3.48. The van der Waals surface area contributed by atoms with E-state index < -0.39 is 0 Å². The van der Waals surface area contributed by atoms with Crippen LogP contribution in [0.2, 0.25) is 0 Å². The van der Waals surface area contributed by atoms with Gasteiger partial charge in [0.1, 0.15) is 5.76 Å². The molecule has 3 heteroatoms. The van der Waals surface area contributed by atoms with E-state index in [1.165, 1.54) is 5.56 Å². The van der Waals surface area contributed by atoms with E-state index in [-0.39, 0.29) is 0 Å². The monoisotopic (exact) mass is 295 g/mol. The third-order valence-electron chi connectivity index (χ3n) is 2.85. The Morgan fingerprint density at radius 1 is 1.47 bits per heavy atom. The van der Waals surface area contributed by atoms with Crippen LogP contribution in [0.3, 0.4) is 0 Å². The predicted octanol–water partition coefficient (Wildman–Crippen LogP) is 3.27. The van der Waals surface area contributed by atoms with Crippen molar-refractivity contribution in [3.05, 3.63) is 46.1 Å². The zero-order chi connectivity index (χ0) is 12.1. The summed E-state index contributed by atoms with van der Waals surface area (Å²) in [6.07, 6.45) is 4.21. The Balaban J connectivity index is 2.07. The molecule has 1 aromatic rings. The van der Waals surface area contributed by atoms with E-state index in [1.54, 1.807) is 0 Å². The van der Waals surface area contributed by atoms with Crippen molar-refractivity contribution < 1.29 is 4.74 Å². The van der Waals surface area contributed by atoms with Gasteiger partial charge in [0.05, 0.1) is 12.6 Å². The molecule has 2 nitrogen and oxygen atoms in total. The number of nitrogens with one attached hydrogen (secondary N) is 1. The summed E-state index contributed by atoms with van der Waals surface area (Å²) in [4.78, 5) is 0. The molecular weight excluding hydrogens is 278 g/mol. The molecule has 2 rings (SSSR count). The molecule has 1 aromatic carbocycles. The highest BCUT2D eigenvalue weighted by atomic mass is 79.9. The van der Waals surface area contributed by atoms with E-state index in [0.29, 0.717) is 6.04 Å². The summed E-state index contributed by atoms with van der Waals surface area (Å²) in [5.74, 6) is 1.10. The molecule has 17 heavy (non-hydrogen) atoms. The highest BCUT2D eigenvalue weighted by Crippen LogP contribution is 2.19. The Morgan fingerprint density at radius 2 is 2.35 bits per heavy atom. The summed E-state index contributed by atoms with van der Waals surface area (Å²) in [6, 6.07) is 8.75. The van der Waals surface area contributed by atoms with E-state index in [1.807, 2.05) is 0 Å². The first-order valence-corrected chi connectivity index (χ1v) is 6.89. The third-order valence-corrected chi connectivity index (χ3v) is 3.35. The number of hydrogen-bond acceptors (Lipinski definition) is 2. The van der Waals surface area contributed by atoms with Crippen molar-refractivity contribution in [3.8, 4) is 0 Å². The summed E-state index contributed by atoms with van der Waals surface area (Å²) in [7, 11) is 0. The lowest BCUT2D eigenvalue weighted by molar-refractivity contribution is 0.215. The van der Waals surface area contributed by atoms with Crippen molar-refractivity contribution in [2.75, 3.05) is 13.2 Å². The van der Waals surface area contributed by atoms with Gasteiger partial charge in [-0.1, -0.05) is 35.0 Å². The zero-order valence-electron chi connectivity index (χ0n) is 10.1. The zero-order valence-corrected chi connectivity index (χ0v) is 11.7. The summed E-state index contributed by atoms with van der Waals surface area (Å²) in [6.45, 7) is 3.92. The summed E-state index contributed by atoms with van der Waals surface area (Å²) < 4.78 is 6.79. The first-order valence-electron chi connectivity index (χ1n) is 6.10. The van der Waals surface area contributed by atoms with E-state index >= 15 is 0 Å². The van der Waals surface area contributed by atoms with Crippen molar-refractivity contribution in [2.45, 2.75) is 25.8 Å². The standard InChI is InChI=1S/C14H18BrNO/c1-2-16-13(14-7-4-8-17-14)10-11-5-3-6-12(15)9-11/h3,5-7,9,13,16H,2,4,8,10H2,1H3. The van der Waals surface area contributed by atoms with Crippen LogP contribution >= 0.6 is 15.9 Å². The number of benzene rings is 1. The number of ether oxygens (including phenoxy) is 1. The molecule has 0 amide bonds. The predicted molar refractivity (Wildman–Crippen MR) is 74.0 cm³/mol. The van der Waals surface area contributed by atoms with Crippen molar-refractivity contribution in [1.29, 1.82) is 0 Å². The Bertz CT molecular complexity index is 403. The van der Waals surface area contributed by atoms with Crippen LogP contribution in [0.4, 0.5) is 0 Å². The molecule has 1 N–H and O–H groups in total. The van der Waals surface area contributed by atoms with Crippen LogP contribution in [0, 0.1) is 0 Å². The lowest BCUT2D eigenvalue weighted by Gasteiger charge is -2.19. The number of rotatable bonds is 5. The molecule has 0 fully saturated rings. The molecule has 0 aromatic heterocycles. The fourth-order valence-electron chi connectivity index (χ4n) is 2.10. The first-order chi connectivity index (χ1) is 8.29. The van der Waals surface area contributed by atoms with Gasteiger partial charge in [0, 0.05) is 10.9 Å². The fourth-order valence-corrected chi connectivity index (χ4v) is 2.55. The Kier molecular flexibility index (Phi) is 4.63. The second-order valence-electron chi connectivity index (χ2n) is 4.19. The van der Waals surface area contributed by atoms with Crippen LogP contribution in [0.15, 0.2) is 40.6 Å². The number of halogens is 1. The van der Waals surface area contributed by atoms with Crippen LogP contribution in [0.25, 0.3) is 0 Å². The molecule has 0 radical (unpaired) electrons. The molecule has 1 heterocycles. The second kappa shape index (κ2) is 6.22. The molecule has 0 saturated heterocycles. The fraction of sp³-hybridized carbons (Fsp3) is 0.429. The minimum absolute atomic E-state index is 0.303. The normalized spacial score (nSPS) is 16.5. The largest absolute Gasteiger partial charge is 0.496 e. The van der Waals surface area contributed by atoms with Crippen molar-refractivity contribution in [1.82, 2.24) is 5.32 Å². The van der Waals surface area contributed by atoms with Crippen LogP contribution < -0.4 is 5.32 Å². The van der Waals surface area contributed by atoms with Crippen LogP contribution in [-0.2, 0) is 11.2 Å². The van der Waals surface area contributed by atoms with E-state index in [0.717, 1.165) is 36.2 Å². The average Bonchev–Trinajstić information content (AvgIpc) is 2.82. The summed E-state index contributed by atoms with van der Waals surface area (Å²) >= 11 is 3.51. The molecule has 1 aliphatic rings. The maximum atomic E-state index is 5.66. The molecule has 0 aliphatic carbocycles. The molecule has 92 valence electrons. The van der Waals surface area contributed by atoms with Crippen LogP contribution in [-0.4, -0.2) is 19.2 Å². The van der Waals surface area contributed by atoms with Gasteiger partial charge in [-0.2, -0.15) is 0 Å². The van der Waals surface area contributed by atoms with Crippen LogP contribution in [0.5, 0.6) is 0 Å². The first kappa shape index (κ1) is 12.7. The molecule has 1 aliphatic heterocycles. The lowest BCUT2D eigenvalue weighted by Crippen LogP contribution is -2.33. The minimum atomic E-state index is 0.303. The molecular formula is C14H18BrNO. The van der Waals surface area contributed by atoms with Crippen molar-refractivity contribution in [2.24, 2.45) is 0 Å². The van der Waals surface area contributed by atoms with Gasteiger partial charge in [0.25, 0.3) is 0 Å². The summed E-state index contributed by atoms with van der Waals surface area (Å²) in [5.41, 5.74) is 1.32. The lowest BCUT2D eigenvalue weighted by atomic mass is 10.0. The Morgan fingerprint density at radius 3 is 3.00 bits per heavy atom. The average molecular weight is 296 g/mol. The van der Waals surface area contributed by atoms with Gasteiger partial charge in [0.15, 0.2) is 0 Å². The number of hydrogen-bond donors (Lipinski definition) is 1. The number of likely N-dealkylation sites (N-methyl/N-ethyl adjacent to an activating group) is 1. The third kappa shape index (κ3) is 3.58. The van der Waals surface area contributed by atoms with Gasteiger partial charge in [-0.25, -0.2) is 0 Å². The molecule has 0 bridgehead atoms. The van der Waals surface area contributed by atoms with Gasteiger partial charge < -0.3 is 10.1 Å². The van der Waals surface area contributed by atoms with Gasteiger partial charge in [0.2, 0.25) is 0 Å². The van der Waals surface area contributed by atoms with E-state index in [9.17, 15) is 0 Å². The van der Waals surface area contributed by atoms with Gasteiger partial charge >= 0.3 is 0 Å².